The Bertz CT molecular complexity index is 2940. The third-order valence-electron chi connectivity index (χ3n) is 10.2. The van der Waals surface area contributed by atoms with Crippen molar-refractivity contribution in [2.75, 3.05) is 0 Å². The van der Waals surface area contributed by atoms with Crippen LogP contribution in [0.5, 0.6) is 0 Å². The molecule has 7 aromatic carbocycles. The lowest BCUT2D eigenvalue weighted by atomic mass is 9.99. The topological polar surface area (TPSA) is 56.5 Å². The summed E-state index contributed by atoms with van der Waals surface area (Å²) in [5, 5.41) is 2.45. The van der Waals surface area contributed by atoms with Gasteiger partial charge in [0.05, 0.1) is 11.0 Å². The fourth-order valence-electron chi connectivity index (χ4n) is 7.48. The third-order valence-corrected chi connectivity index (χ3v) is 10.2. The number of nitrogens with zero attached hydrogens (tertiary/aromatic N) is 5. The van der Waals surface area contributed by atoms with E-state index in [1.54, 1.807) is 0 Å². The van der Waals surface area contributed by atoms with Gasteiger partial charge in [-0.1, -0.05) is 146 Å². The molecule has 0 atom stereocenters. The average molecular weight is 704 g/mol. The van der Waals surface area contributed by atoms with Gasteiger partial charge in [0.1, 0.15) is 0 Å². The first kappa shape index (κ1) is 32.2. The maximum atomic E-state index is 5.13. The highest BCUT2D eigenvalue weighted by Gasteiger charge is 2.17. The third kappa shape index (κ3) is 6.04. The van der Waals surface area contributed by atoms with Crippen molar-refractivity contribution >= 4 is 21.8 Å². The van der Waals surface area contributed by atoms with Gasteiger partial charge in [-0.2, -0.15) is 0 Å². The highest BCUT2D eigenvalue weighted by atomic mass is 15.0. The summed E-state index contributed by atoms with van der Waals surface area (Å²) in [6, 6.07) is 65.6. The predicted octanol–water partition coefficient (Wildman–Crippen LogP) is 12.4. The molecule has 5 heteroatoms. The van der Waals surface area contributed by atoms with Gasteiger partial charge in [0, 0.05) is 45.5 Å². The van der Waals surface area contributed by atoms with Crippen molar-refractivity contribution in [3.63, 3.8) is 0 Å². The number of benzene rings is 7. The van der Waals surface area contributed by atoms with E-state index in [4.69, 9.17) is 15.0 Å². The van der Waals surface area contributed by atoms with Crippen LogP contribution in [-0.4, -0.2) is 24.5 Å². The standard InChI is InChI=1S/C50H33N5/c1-3-11-37(12-4-1)42-15-7-8-17-44(42)50-53-48(38-23-19-34(20-24-38)36-29-31-51-32-30-36)52-49(54-50)39-25-21-35(22-26-39)40-27-28-47-45(33-40)43-16-9-10-18-46(43)55(47)41-13-5-2-6-14-41/h1-33H. The number of hydrogen-bond donors (Lipinski definition) is 0. The van der Waals surface area contributed by atoms with E-state index < -0.39 is 0 Å². The first-order valence-corrected chi connectivity index (χ1v) is 18.4. The molecule has 10 aromatic rings. The first-order valence-electron chi connectivity index (χ1n) is 18.4. The van der Waals surface area contributed by atoms with Crippen molar-refractivity contribution in [1.82, 2.24) is 24.5 Å². The Morgan fingerprint density at radius 2 is 0.800 bits per heavy atom. The molecule has 258 valence electrons. The Labute approximate surface area is 318 Å². The maximum absolute atomic E-state index is 5.13. The fraction of sp³-hybridized carbons (Fsp3) is 0. The van der Waals surface area contributed by atoms with Crippen molar-refractivity contribution in [1.29, 1.82) is 0 Å². The Morgan fingerprint density at radius 1 is 0.309 bits per heavy atom. The number of pyridine rings is 1. The van der Waals surface area contributed by atoms with Gasteiger partial charge in [0.2, 0.25) is 0 Å². The summed E-state index contributed by atoms with van der Waals surface area (Å²) in [6.07, 6.45) is 3.62. The average Bonchev–Trinajstić information content (AvgIpc) is 3.61. The second-order valence-electron chi connectivity index (χ2n) is 13.5. The molecular weight excluding hydrogens is 671 g/mol. The zero-order valence-electron chi connectivity index (χ0n) is 29.8. The van der Waals surface area contributed by atoms with Crippen LogP contribution in [-0.2, 0) is 0 Å². The zero-order chi connectivity index (χ0) is 36.6. The lowest BCUT2D eigenvalue weighted by Crippen LogP contribution is -2.01. The Hall–Kier alpha value is -7.50. The van der Waals surface area contributed by atoms with E-state index in [1.165, 1.54) is 21.8 Å². The summed E-state index contributed by atoms with van der Waals surface area (Å²) < 4.78 is 2.34. The van der Waals surface area contributed by atoms with E-state index in [0.29, 0.717) is 17.5 Å². The summed E-state index contributed by atoms with van der Waals surface area (Å²) >= 11 is 0. The molecule has 3 aromatic heterocycles. The molecule has 10 rings (SSSR count). The minimum absolute atomic E-state index is 0.619. The number of para-hydroxylation sites is 2. The molecule has 0 aliphatic carbocycles. The molecule has 0 fully saturated rings. The van der Waals surface area contributed by atoms with Gasteiger partial charge < -0.3 is 4.57 Å². The molecule has 0 radical (unpaired) electrons. The summed E-state index contributed by atoms with van der Waals surface area (Å²) in [7, 11) is 0. The Kier molecular flexibility index (Phi) is 8.08. The summed E-state index contributed by atoms with van der Waals surface area (Å²) in [5.41, 5.74) is 13.0. The molecule has 0 unspecified atom stereocenters. The van der Waals surface area contributed by atoms with Crippen molar-refractivity contribution in [3.8, 4) is 73.2 Å². The van der Waals surface area contributed by atoms with Gasteiger partial charge >= 0.3 is 0 Å². The van der Waals surface area contributed by atoms with Crippen molar-refractivity contribution in [2.24, 2.45) is 0 Å². The largest absolute Gasteiger partial charge is 0.309 e. The summed E-state index contributed by atoms with van der Waals surface area (Å²) in [4.78, 5) is 19.5. The smallest absolute Gasteiger partial charge is 0.164 e. The summed E-state index contributed by atoms with van der Waals surface area (Å²) in [6.45, 7) is 0. The zero-order valence-corrected chi connectivity index (χ0v) is 29.8. The molecule has 0 saturated heterocycles. The number of hydrogen-bond acceptors (Lipinski definition) is 4. The van der Waals surface area contributed by atoms with Crippen molar-refractivity contribution in [3.05, 3.63) is 200 Å². The van der Waals surface area contributed by atoms with E-state index in [1.807, 2.05) is 36.7 Å². The number of aromatic nitrogens is 5. The highest BCUT2D eigenvalue weighted by molar-refractivity contribution is 6.10. The van der Waals surface area contributed by atoms with Crippen LogP contribution in [0.15, 0.2) is 200 Å². The lowest BCUT2D eigenvalue weighted by Gasteiger charge is -2.12. The monoisotopic (exact) mass is 703 g/mol. The van der Waals surface area contributed by atoms with Crippen LogP contribution in [0.4, 0.5) is 0 Å². The van der Waals surface area contributed by atoms with Gasteiger partial charge in [0.15, 0.2) is 17.5 Å². The minimum atomic E-state index is 0.619. The van der Waals surface area contributed by atoms with Gasteiger partial charge in [-0.3, -0.25) is 4.98 Å². The second kappa shape index (κ2) is 13.8. The van der Waals surface area contributed by atoms with E-state index in [-0.39, 0.29) is 0 Å². The molecule has 0 amide bonds. The molecule has 55 heavy (non-hydrogen) atoms. The molecule has 5 nitrogen and oxygen atoms in total. The minimum Gasteiger partial charge on any atom is -0.309 e. The molecule has 0 spiro atoms. The molecule has 0 N–H and O–H groups in total. The van der Waals surface area contributed by atoms with E-state index in [2.05, 4.69) is 173 Å². The van der Waals surface area contributed by atoms with Crippen LogP contribution < -0.4 is 0 Å². The first-order chi connectivity index (χ1) is 27.3. The Balaban J connectivity index is 1.06. The van der Waals surface area contributed by atoms with Gasteiger partial charge in [-0.15, -0.1) is 0 Å². The van der Waals surface area contributed by atoms with Crippen LogP contribution in [0.1, 0.15) is 0 Å². The number of rotatable bonds is 7. The fourth-order valence-corrected chi connectivity index (χ4v) is 7.48. The molecule has 3 heterocycles. The maximum Gasteiger partial charge on any atom is 0.164 e. The van der Waals surface area contributed by atoms with Crippen LogP contribution in [0.25, 0.3) is 95.0 Å². The van der Waals surface area contributed by atoms with Crippen molar-refractivity contribution < 1.29 is 0 Å². The molecule has 0 saturated carbocycles. The quantitative estimate of drug-likeness (QED) is 0.166. The van der Waals surface area contributed by atoms with Crippen LogP contribution in [0, 0.1) is 0 Å². The van der Waals surface area contributed by atoms with E-state index in [9.17, 15) is 0 Å². The molecule has 0 bridgehead atoms. The van der Waals surface area contributed by atoms with E-state index in [0.717, 1.165) is 55.8 Å². The lowest BCUT2D eigenvalue weighted by molar-refractivity contribution is 1.07. The van der Waals surface area contributed by atoms with Crippen LogP contribution in [0.2, 0.25) is 0 Å². The van der Waals surface area contributed by atoms with Gasteiger partial charge in [-0.05, 0) is 75.8 Å². The second-order valence-corrected chi connectivity index (χ2v) is 13.5. The van der Waals surface area contributed by atoms with Gasteiger partial charge in [-0.25, -0.2) is 15.0 Å². The predicted molar refractivity (Wildman–Crippen MR) is 225 cm³/mol. The molecule has 0 aliphatic rings. The summed E-state index contributed by atoms with van der Waals surface area (Å²) in [5.74, 6) is 1.87. The van der Waals surface area contributed by atoms with Crippen LogP contribution >= 0.6 is 0 Å². The Morgan fingerprint density at radius 3 is 1.49 bits per heavy atom. The van der Waals surface area contributed by atoms with Gasteiger partial charge in [0.25, 0.3) is 0 Å². The highest BCUT2D eigenvalue weighted by Crippen LogP contribution is 2.36. The molecule has 0 aliphatic heterocycles. The molecular formula is C50H33N5. The van der Waals surface area contributed by atoms with Crippen LogP contribution in [0.3, 0.4) is 0 Å². The normalized spacial score (nSPS) is 11.3. The SMILES string of the molecule is c1ccc(-c2ccccc2-c2nc(-c3ccc(-c4ccncc4)cc3)nc(-c3ccc(-c4ccc5c(c4)c4ccccc4n5-c4ccccc4)cc3)n2)cc1. The van der Waals surface area contributed by atoms with E-state index >= 15 is 0 Å². The van der Waals surface area contributed by atoms with Crippen molar-refractivity contribution in [2.45, 2.75) is 0 Å². The number of fused-ring (bicyclic) bond motifs is 3.